The van der Waals surface area contributed by atoms with Crippen molar-refractivity contribution in [3.05, 3.63) is 29.8 Å². The quantitative estimate of drug-likeness (QED) is 0.700. The van der Waals surface area contributed by atoms with Gasteiger partial charge in [0.1, 0.15) is 5.82 Å². The van der Waals surface area contributed by atoms with Crippen LogP contribution in [-0.2, 0) is 0 Å². The van der Waals surface area contributed by atoms with E-state index in [0.29, 0.717) is 13.1 Å². The molecule has 112 valence electrons. The van der Waals surface area contributed by atoms with Gasteiger partial charge < -0.3 is 15.5 Å². The largest absolute Gasteiger partial charge is 0.389 e. The highest BCUT2D eigenvalue weighted by Crippen LogP contribution is 2.17. The Kier molecular flexibility index (Phi) is 5.42. The van der Waals surface area contributed by atoms with Crippen LogP contribution >= 0.6 is 0 Å². The second-order valence-corrected chi connectivity index (χ2v) is 5.19. The van der Waals surface area contributed by atoms with Crippen LogP contribution in [0.15, 0.2) is 18.3 Å². The van der Waals surface area contributed by atoms with Gasteiger partial charge in [-0.05, 0) is 25.1 Å². The van der Waals surface area contributed by atoms with Gasteiger partial charge in [0.2, 0.25) is 0 Å². The number of aliphatic hydroxyl groups is 2. The Balaban J connectivity index is 1.91. The van der Waals surface area contributed by atoms with Crippen molar-refractivity contribution in [1.82, 2.24) is 15.2 Å². The Labute approximate surface area is 118 Å². The molecule has 1 aromatic heterocycles. The highest BCUT2D eigenvalue weighted by molar-refractivity contribution is 5.10. The predicted octanol–water partition coefficient (Wildman–Crippen LogP) is 0.299. The van der Waals surface area contributed by atoms with Gasteiger partial charge in [-0.1, -0.05) is 6.92 Å². The molecule has 3 atom stereocenters. The van der Waals surface area contributed by atoms with Gasteiger partial charge in [0, 0.05) is 19.6 Å². The summed E-state index contributed by atoms with van der Waals surface area (Å²) < 4.78 is 12.9. The lowest BCUT2D eigenvalue weighted by Gasteiger charge is -2.21. The molecule has 1 aromatic rings. The second-order valence-electron chi connectivity index (χ2n) is 5.19. The maximum atomic E-state index is 12.9. The molecule has 0 radical (unpaired) electrons. The second kappa shape index (κ2) is 7.08. The van der Waals surface area contributed by atoms with Crippen molar-refractivity contribution in [2.75, 3.05) is 26.2 Å². The molecule has 6 heteroatoms. The van der Waals surface area contributed by atoms with Gasteiger partial charge in [0.25, 0.3) is 0 Å². The van der Waals surface area contributed by atoms with Crippen LogP contribution in [0, 0.1) is 5.82 Å². The minimum Gasteiger partial charge on any atom is -0.389 e. The molecule has 3 N–H and O–H groups in total. The van der Waals surface area contributed by atoms with Crippen LogP contribution < -0.4 is 5.32 Å². The van der Waals surface area contributed by atoms with Crippen LogP contribution in [0.2, 0.25) is 0 Å². The van der Waals surface area contributed by atoms with Crippen molar-refractivity contribution in [2.45, 2.75) is 31.6 Å². The zero-order valence-corrected chi connectivity index (χ0v) is 11.7. The molecule has 2 heterocycles. The molecule has 20 heavy (non-hydrogen) atoms. The lowest BCUT2D eigenvalue weighted by molar-refractivity contribution is 0.0572. The molecule has 3 unspecified atom stereocenters. The Hall–Kier alpha value is -1.08. The smallest absolute Gasteiger partial charge is 0.141 e. The number of aliphatic hydroxyl groups excluding tert-OH is 2. The maximum absolute atomic E-state index is 12.9. The van der Waals surface area contributed by atoms with Gasteiger partial charge in [0.15, 0.2) is 0 Å². The molecule has 0 spiro atoms. The number of nitrogens with one attached hydrogen (secondary N) is 1. The van der Waals surface area contributed by atoms with Crippen LogP contribution in [0.25, 0.3) is 0 Å². The highest BCUT2D eigenvalue weighted by Gasteiger charge is 2.29. The SMILES string of the molecule is CCNC(CCN1CC(O)C(O)C1)c1ccc(F)cn1. The molecule has 0 aromatic carbocycles. The fraction of sp³-hybridized carbons (Fsp3) is 0.643. The van der Waals surface area contributed by atoms with E-state index in [4.69, 9.17) is 0 Å². The molecule has 0 aliphatic carbocycles. The number of rotatable bonds is 6. The van der Waals surface area contributed by atoms with E-state index in [1.54, 1.807) is 6.07 Å². The number of likely N-dealkylation sites (tertiary alicyclic amines) is 1. The first-order valence-corrected chi connectivity index (χ1v) is 7.03. The van der Waals surface area contributed by atoms with Crippen LogP contribution in [0.3, 0.4) is 0 Å². The fourth-order valence-electron chi connectivity index (χ4n) is 2.54. The third-order valence-electron chi connectivity index (χ3n) is 3.63. The summed E-state index contributed by atoms with van der Waals surface area (Å²) in [6.07, 6.45) is 0.711. The predicted molar refractivity (Wildman–Crippen MR) is 73.7 cm³/mol. The first kappa shape index (κ1) is 15.3. The highest BCUT2D eigenvalue weighted by atomic mass is 19.1. The summed E-state index contributed by atoms with van der Waals surface area (Å²) in [6, 6.07) is 3.15. The van der Waals surface area contributed by atoms with Crippen molar-refractivity contribution in [1.29, 1.82) is 0 Å². The zero-order valence-electron chi connectivity index (χ0n) is 11.7. The first-order valence-electron chi connectivity index (χ1n) is 7.03. The summed E-state index contributed by atoms with van der Waals surface area (Å²) in [7, 11) is 0. The molecule has 5 nitrogen and oxygen atoms in total. The molecule has 1 saturated heterocycles. The number of halogens is 1. The van der Waals surface area contributed by atoms with Gasteiger partial charge in [-0.15, -0.1) is 0 Å². The normalized spacial score (nSPS) is 25.0. The Morgan fingerprint density at radius 3 is 2.65 bits per heavy atom. The van der Waals surface area contributed by atoms with Crippen LogP contribution in [0.1, 0.15) is 25.1 Å². The minimum absolute atomic E-state index is 0.0514. The number of pyridine rings is 1. The van der Waals surface area contributed by atoms with E-state index in [0.717, 1.165) is 25.2 Å². The first-order chi connectivity index (χ1) is 9.60. The van der Waals surface area contributed by atoms with Crippen LogP contribution in [0.5, 0.6) is 0 Å². The van der Waals surface area contributed by atoms with Crippen molar-refractivity contribution >= 4 is 0 Å². The molecule has 1 aliphatic rings. The maximum Gasteiger partial charge on any atom is 0.141 e. The van der Waals surface area contributed by atoms with Gasteiger partial charge in [-0.2, -0.15) is 0 Å². The van der Waals surface area contributed by atoms with Crippen molar-refractivity contribution in [3.63, 3.8) is 0 Å². The standard InChI is InChI=1S/C14H22FN3O2/c1-2-16-12(11-4-3-10(15)7-17-11)5-6-18-8-13(19)14(20)9-18/h3-4,7,12-14,16,19-20H,2,5-6,8-9H2,1H3. The number of aromatic nitrogens is 1. The molecule has 1 aliphatic heterocycles. The average Bonchev–Trinajstić information content (AvgIpc) is 2.75. The third kappa shape index (κ3) is 3.96. The minimum atomic E-state index is -0.656. The zero-order chi connectivity index (χ0) is 14.5. The summed E-state index contributed by atoms with van der Waals surface area (Å²) >= 11 is 0. The summed E-state index contributed by atoms with van der Waals surface area (Å²) in [5.74, 6) is -0.338. The van der Waals surface area contributed by atoms with Crippen LogP contribution in [0.4, 0.5) is 4.39 Å². The summed E-state index contributed by atoms with van der Waals surface area (Å²) in [4.78, 5) is 6.15. The molecule has 0 amide bonds. The topological polar surface area (TPSA) is 68.6 Å². The fourth-order valence-corrected chi connectivity index (χ4v) is 2.54. The summed E-state index contributed by atoms with van der Waals surface area (Å²) in [5.41, 5.74) is 0.813. The number of β-amino-alcohol motifs (C(OH)–C–C–N with tert-alkyl or cyclic N) is 2. The number of hydrogen-bond acceptors (Lipinski definition) is 5. The van der Waals surface area contributed by atoms with Crippen LogP contribution in [-0.4, -0.2) is 58.5 Å². The third-order valence-corrected chi connectivity index (χ3v) is 3.63. The lowest BCUT2D eigenvalue weighted by Crippen LogP contribution is -2.29. The van der Waals surface area contributed by atoms with E-state index >= 15 is 0 Å². The average molecular weight is 283 g/mol. The van der Waals surface area contributed by atoms with Gasteiger partial charge in [0.05, 0.1) is 30.1 Å². The van der Waals surface area contributed by atoms with Gasteiger partial charge >= 0.3 is 0 Å². The monoisotopic (exact) mass is 283 g/mol. The van der Waals surface area contributed by atoms with E-state index in [9.17, 15) is 14.6 Å². The Bertz CT molecular complexity index is 405. The van der Waals surface area contributed by atoms with E-state index in [-0.39, 0.29) is 11.9 Å². The Morgan fingerprint density at radius 2 is 2.10 bits per heavy atom. The summed E-state index contributed by atoms with van der Waals surface area (Å²) in [6.45, 7) is 4.56. The Morgan fingerprint density at radius 1 is 1.40 bits per heavy atom. The summed E-state index contributed by atoms with van der Waals surface area (Å²) in [5, 5.41) is 22.4. The molecular weight excluding hydrogens is 261 g/mol. The van der Waals surface area contributed by atoms with E-state index in [2.05, 4.69) is 10.3 Å². The van der Waals surface area contributed by atoms with E-state index in [1.807, 2.05) is 11.8 Å². The molecule has 0 saturated carbocycles. The number of nitrogens with zero attached hydrogens (tertiary/aromatic N) is 2. The van der Waals surface area contributed by atoms with E-state index < -0.39 is 12.2 Å². The molecular formula is C14H22FN3O2. The molecule has 0 bridgehead atoms. The molecule has 2 rings (SSSR count). The van der Waals surface area contributed by atoms with E-state index in [1.165, 1.54) is 12.3 Å². The van der Waals surface area contributed by atoms with Gasteiger partial charge in [-0.25, -0.2) is 4.39 Å². The molecule has 1 fully saturated rings. The number of hydrogen-bond donors (Lipinski definition) is 3. The lowest BCUT2D eigenvalue weighted by atomic mass is 10.1. The van der Waals surface area contributed by atoms with Crippen molar-refractivity contribution < 1.29 is 14.6 Å². The van der Waals surface area contributed by atoms with Crippen molar-refractivity contribution in [2.24, 2.45) is 0 Å². The van der Waals surface area contributed by atoms with Crippen molar-refractivity contribution in [3.8, 4) is 0 Å². The van der Waals surface area contributed by atoms with Gasteiger partial charge in [-0.3, -0.25) is 9.88 Å².